The summed E-state index contributed by atoms with van der Waals surface area (Å²) < 4.78 is 13.8. The van der Waals surface area contributed by atoms with Gasteiger partial charge in [0.15, 0.2) is 6.35 Å². The average Bonchev–Trinajstić information content (AvgIpc) is 2.81. The van der Waals surface area contributed by atoms with Gasteiger partial charge >= 0.3 is 0 Å². The molecule has 1 heterocycles. The Hall–Kier alpha value is -2.24. The van der Waals surface area contributed by atoms with E-state index in [1.165, 1.54) is 35.8 Å². The summed E-state index contributed by atoms with van der Waals surface area (Å²) in [7, 11) is 0. The Balaban J connectivity index is 1.45. The fourth-order valence-electron chi connectivity index (χ4n) is 5.36. The quantitative estimate of drug-likeness (QED) is 0.420. The van der Waals surface area contributed by atoms with E-state index in [0.717, 1.165) is 57.1 Å². The van der Waals surface area contributed by atoms with Crippen LogP contribution in [-0.4, -0.2) is 23.7 Å². The van der Waals surface area contributed by atoms with Crippen molar-refractivity contribution < 1.29 is 9.50 Å². The molecule has 1 aromatic carbocycles. The molecule has 184 valence electrons. The summed E-state index contributed by atoms with van der Waals surface area (Å²) in [4.78, 5) is 5.04. The highest BCUT2D eigenvalue weighted by Crippen LogP contribution is 2.36. The predicted octanol–water partition coefficient (Wildman–Crippen LogP) is 6.79. The number of nitrogens with zero attached hydrogens (tertiary/aromatic N) is 1. The number of allylic oxidation sites excluding steroid dienone is 4. The maximum Gasteiger partial charge on any atom is 0.181 e. The molecule has 1 aromatic rings. The monoisotopic (exact) mass is 465 g/mol. The standard InChI is InChI=1S/C29H40FN3O/c1-3-21-18-25(16-17-27(21)30)33-29(34)32-24-10-6-4-9-23(14-15-24)28-26-11-7-5-8-22(26)13-12-20(2)19-31-28/h7,11,16-20,24,29,32-34H,3-6,8-10,12-15H2,1-2H3/b28-23-,31-19?. The van der Waals surface area contributed by atoms with Crippen molar-refractivity contribution in [1.29, 1.82) is 0 Å². The third-order valence-electron chi connectivity index (χ3n) is 7.43. The molecule has 1 saturated carbocycles. The third-order valence-corrected chi connectivity index (χ3v) is 7.43. The van der Waals surface area contributed by atoms with Crippen LogP contribution in [0.15, 0.2) is 57.8 Å². The minimum Gasteiger partial charge on any atom is -0.361 e. The molecule has 3 unspecified atom stereocenters. The fraction of sp³-hybridized carbons (Fsp3) is 0.552. The zero-order chi connectivity index (χ0) is 23.9. The number of halogens is 1. The van der Waals surface area contributed by atoms with Crippen LogP contribution in [0.3, 0.4) is 0 Å². The summed E-state index contributed by atoms with van der Waals surface area (Å²) in [6, 6.07) is 5.13. The van der Waals surface area contributed by atoms with Gasteiger partial charge in [-0.3, -0.25) is 10.3 Å². The van der Waals surface area contributed by atoms with Crippen LogP contribution in [0.2, 0.25) is 0 Å². The Labute approximate surface area is 204 Å². The number of aryl methyl sites for hydroxylation is 1. The topological polar surface area (TPSA) is 56.6 Å². The first-order valence-electron chi connectivity index (χ1n) is 13.2. The summed E-state index contributed by atoms with van der Waals surface area (Å²) >= 11 is 0. The molecule has 0 spiro atoms. The van der Waals surface area contributed by atoms with Crippen LogP contribution < -0.4 is 10.6 Å². The molecule has 1 fully saturated rings. The molecule has 3 atom stereocenters. The van der Waals surface area contributed by atoms with Crippen LogP contribution in [0.1, 0.15) is 83.6 Å². The maximum absolute atomic E-state index is 13.8. The Morgan fingerprint density at radius 1 is 1.09 bits per heavy atom. The van der Waals surface area contributed by atoms with Gasteiger partial charge in [-0.05, 0) is 105 Å². The molecule has 3 N–H and O–H groups in total. The lowest BCUT2D eigenvalue weighted by atomic mass is 9.85. The molecule has 0 bridgehead atoms. The lowest BCUT2D eigenvalue weighted by Crippen LogP contribution is -2.43. The van der Waals surface area contributed by atoms with Crippen LogP contribution >= 0.6 is 0 Å². The van der Waals surface area contributed by atoms with Gasteiger partial charge in [0.1, 0.15) is 5.82 Å². The summed E-state index contributed by atoms with van der Waals surface area (Å²) in [5, 5.41) is 17.1. The van der Waals surface area contributed by atoms with Crippen LogP contribution in [0.25, 0.3) is 0 Å². The molecule has 1 aliphatic heterocycles. The second-order valence-corrected chi connectivity index (χ2v) is 10.1. The molecular weight excluding hydrogens is 425 g/mol. The second kappa shape index (κ2) is 11.9. The number of aliphatic imine (C=N–C) groups is 1. The van der Waals surface area contributed by atoms with Gasteiger partial charge in [0.05, 0.1) is 5.70 Å². The van der Waals surface area contributed by atoms with Gasteiger partial charge in [-0.2, -0.15) is 0 Å². The Morgan fingerprint density at radius 2 is 1.94 bits per heavy atom. The highest BCUT2D eigenvalue weighted by atomic mass is 19.1. The number of anilines is 1. The van der Waals surface area contributed by atoms with Crippen molar-refractivity contribution in [3.63, 3.8) is 0 Å². The first-order valence-corrected chi connectivity index (χ1v) is 13.2. The van der Waals surface area contributed by atoms with E-state index in [1.54, 1.807) is 17.7 Å². The van der Waals surface area contributed by atoms with E-state index in [4.69, 9.17) is 4.99 Å². The number of hydrogen-bond donors (Lipinski definition) is 3. The number of aliphatic hydroxyl groups is 1. The summed E-state index contributed by atoms with van der Waals surface area (Å²) in [6.45, 7) is 4.20. The van der Waals surface area contributed by atoms with E-state index in [9.17, 15) is 9.50 Å². The Kier molecular flexibility index (Phi) is 8.74. The summed E-state index contributed by atoms with van der Waals surface area (Å²) in [5.41, 5.74) is 7.02. The molecular formula is C29H40FN3O. The van der Waals surface area contributed by atoms with Crippen LogP contribution in [0, 0.1) is 11.7 Å². The number of benzene rings is 1. The van der Waals surface area contributed by atoms with Crippen molar-refractivity contribution in [2.24, 2.45) is 10.9 Å². The summed E-state index contributed by atoms with van der Waals surface area (Å²) in [6.07, 6.45) is 17.6. The van der Waals surface area contributed by atoms with E-state index in [1.807, 2.05) is 6.92 Å². The highest BCUT2D eigenvalue weighted by Gasteiger charge is 2.22. The van der Waals surface area contributed by atoms with Crippen LogP contribution in [0.5, 0.6) is 0 Å². The second-order valence-electron chi connectivity index (χ2n) is 10.1. The molecule has 34 heavy (non-hydrogen) atoms. The van der Waals surface area contributed by atoms with E-state index in [-0.39, 0.29) is 11.9 Å². The van der Waals surface area contributed by atoms with E-state index in [2.05, 4.69) is 35.9 Å². The van der Waals surface area contributed by atoms with Gasteiger partial charge in [-0.25, -0.2) is 4.39 Å². The zero-order valence-electron chi connectivity index (χ0n) is 20.7. The molecule has 0 saturated heterocycles. The first kappa shape index (κ1) is 24.9. The van der Waals surface area contributed by atoms with Crippen molar-refractivity contribution in [3.8, 4) is 0 Å². The van der Waals surface area contributed by atoms with Gasteiger partial charge in [0, 0.05) is 17.9 Å². The van der Waals surface area contributed by atoms with Crippen molar-refractivity contribution in [3.05, 3.63) is 64.1 Å². The van der Waals surface area contributed by atoms with E-state index in [0.29, 0.717) is 17.9 Å². The smallest absolute Gasteiger partial charge is 0.181 e. The lowest BCUT2D eigenvalue weighted by molar-refractivity contribution is 0.142. The molecule has 0 aromatic heterocycles. The Morgan fingerprint density at radius 3 is 2.79 bits per heavy atom. The zero-order valence-corrected chi connectivity index (χ0v) is 20.7. The minimum atomic E-state index is -0.869. The number of hydrogen-bond acceptors (Lipinski definition) is 4. The van der Waals surface area contributed by atoms with E-state index < -0.39 is 6.35 Å². The van der Waals surface area contributed by atoms with Crippen molar-refractivity contribution in [2.45, 2.75) is 96.9 Å². The number of aliphatic hydroxyl groups excluding tert-OH is 1. The van der Waals surface area contributed by atoms with Gasteiger partial charge in [0.2, 0.25) is 0 Å². The molecule has 0 radical (unpaired) electrons. The SMILES string of the molecule is CCc1cc(NC(O)NC2CCCC/C(=C3/N=CC(C)CCC4=C3C=CCC4)CC2)ccc1F. The molecule has 4 nitrogen and oxygen atoms in total. The first-order chi connectivity index (χ1) is 16.5. The molecule has 0 amide bonds. The lowest BCUT2D eigenvalue weighted by Gasteiger charge is -2.28. The summed E-state index contributed by atoms with van der Waals surface area (Å²) in [5.74, 6) is 0.313. The van der Waals surface area contributed by atoms with Gasteiger partial charge in [-0.15, -0.1) is 0 Å². The van der Waals surface area contributed by atoms with Gasteiger partial charge in [0.25, 0.3) is 0 Å². The van der Waals surface area contributed by atoms with Crippen LogP contribution in [-0.2, 0) is 6.42 Å². The average molecular weight is 466 g/mol. The normalized spacial score (nSPS) is 26.8. The minimum absolute atomic E-state index is 0.201. The fourth-order valence-corrected chi connectivity index (χ4v) is 5.36. The van der Waals surface area contributed by atoms with Gasteiger partial charge < -0.3 is 10.4 Å². The molecule has 5 heteroatoms. The molecule has 2 aliphatic carbocycles. The number of rotatable bonds is 5. The van der Waals surface area contributed by atoms with Crippen molar-refractivity contribution in [2.75, 3.05) is 5.32 Å². The number of nitrogens with one attached hydrogen (secondary N) is 2. The molecule has 4 rings (SSSR count). The maximum atomic E-state index is 13.8. The van der Waals surface area contributed by atoms with Crippen molar-refractivity contribution >= 4 is 11.9 Å². The highest BCUT2D eigenvalue weighted by molar-refractivity contribution is 5.65. The predicted molar refractivity (Wildman–Crippen MR) is 139 cm³/mol. The molecule has 3 aliphatic rings. The van der Waals surface area contributed by atoms with Crippen molar-refractivity contribution in [1.82, 2.24) is 5.32 Å². The van der Waals surface area contributed by atoms with Crippen LogP contribution in [0.4, 0.5) is 10.1 Å². The van der Waals surface area contributed by atoms with E-state index >= 15 is 0 Å². The Bertz CT molecular complexity index is 978. The van der Waals surface area contributed by atoms with Gasteiger partial charge in [-0.1, -0.05) is 38.0 Å². The third kappa shape index (κ3) is 6.45. The largest absolute Gasteiger partial charge is 0.361 e.